The van der Waals surface area contributed by atoms with E-state index in [0.29, 0.717) is 33.0 Å². The van der Waals surface area contributed by atoms with Gasteiger partial charge < -0.3 is 5.32 Å². The number of hydrogen-bond donors (Lipinski definition) is 1. The second-order valence-corrected chi connectivity index (χ2v) is 14.7. The van der Waals surface area contributed by atoms with E-state index < -0.39 is 0 Å². The van der Waals surface area contributed by atoms with Crippen molar-refractivity contribution in [3.63, 3.8) is 0 Å². The summed E-state index contributed by atoms with van der Waals surface area (Å²) in [6.45, 7) is 25.8. The summed E-state index contributed by atoms with van der Waals surface area (Å²) in [5, 5.41) is 3.48. The smallest absolute Gasteiger partial charge is 0.00654 e. The van der Waals surface area contributed by atoms with Crippen LogP contribution in [0.5, 0.6) is 0 Å². The van der Waals surface area contributed by atoms with Crippen LogP contribution >= 0.6 is 0 Å². The van der Waals surface area contributed by atoms with E-state index >= 15 is 0 Å². The Morgan fingerprint density at radius 3 is 2.09 bits per heavy atom. The highest BCUT2D eigenvalue weighted by molar-refractivity contribution is 5.22. The molecule has 4 fully saturated rings. The van der Waals surface area contributed by atoms with Crippen molar-refractivity contribution in [2.45, 2.75) is 126 Å². The van der Waals surface area contributed by atoms with Gasteiger partial charge in [0.1, 0.15) is 0 Å². The lowest BCUT2D eigenvalue weighted by Crippen LogP contribution is -2.70. The molecule has 33 heavy (non-hydrogen) atoms. The fraction of sp³-hybridized carbons (Fsp3) is 0.938. The first-order chi connectivity index (χ1) is 15.3. The maximum atomic E-state index is 4.50. The minimum absolute atomic E-state index is 0.446. The van der Waals surface area contributed by atoms with Crippen molar-refractivity contribution >= 4 is 0 Å². The molecule has 0 bridgehead atoms. The summed E-state index contributed by atoms with van der Waals surface area (Å²) in [6, 6.07) is 0. The summed E-state index contributed by atoms with van der Waals surface area (Å²) in [5.41, 5.74) is 3.63. The van der Waals surface area contributed by atoms with Gasteiger partial charge in [-0.2, -0.15) is 0 Å². The first kappa shape index (κ1) is 25.6. The summed E-state index contributed by atoms with van der Waals surface area (Å²) in [4.78, 5) is 0. The minimum Gasteiger partial charge on any atom is -0.392 e. The summed E-state index contributed by atoms with van der Waals surface area (Å²) < 4.78 is 0. The van der Waals surface area contributed by atoms with Crippen molar-refractivity contribution < 1.29 is 0 Å². The molecule has 1 nitrogen and oxygen atoms in total. The molecule has 0 radical (unpaired) electrons. The highest BCUT2D eigenvalue weighted by Crippen LogP contribution is 2.80. The van der Waals surface area contributed by atoms with Gasteiger partial charge >= 0.3 is 0 Å². The van der Waals surface area contributed by atoms with Crippen LogP contribution in [0.25, 0.3) is 0 Å². The van der Waals surface area contributed by atoms with Crippen LogP contribution in [0.15, 0.2) is 12.3 Å². The van der Waals surface area contributed by atoms with Crippen molar-refractivity contribution in [2.75, 3.05) is 7.05 Å². The molecule has 0 heterocycles. The minimum atomic E-state index is 0.446. The van der Waals surface area contributed by atoms with Crippen LogP contribution in [-0.4, -0.2) is 7.05 Å². The number of allylic oxidation sites excluding steroid dienone is 1. The fourth-order valence-electron chi connectivity index (χ4n) is 11.1. The third kappa shape index (κ3) is 3.21. The zero-order chi connectivity index (χ0) is 24.4. The maximum Gasteiger partial charge on any atom is 0.00654 e. The van der Waals surface area contributed by atoms with Crippen LogP contribution in [-0.2, 0) is 0 Å². The molecular weight excluding hydrogens is 398 g/mol. The van der Waals surface area contributed by atoms with E-state index in [1.165, 1.54) is 76.3 Å². The van der Waals surface area contributed by atoms with Gasteiger partial charge in [-0.15, -0.1) is 0 Å². The molecule has 1 heteroatoms. The van der Waals surface area contributed by atoms with Gasteiger partial charge in [-0.1, -0.05) is 74.8 Å². The molecule has 190 valence electrons. The molecule has 1 N–H and O–H groups in total. The first-order valence-corrected chi connectivity index (χ1v) is 14.7. The average Bonchev–Trinajstić information content (AvgIpc) is 2.76. The summed E-state index contributed by atoms with van der Waals surface area (Å²) in [6.07, 6.45) is 15.5. The van der Waals surface area contributed by atoms with Crippen LogP contribution < -0.4 is 5.32 Å². The Hall–Kier alpha value is -0.460. The van der Waals surface area contributed by atoms with Gasteiger partial charge in [0.2, 0.25) is 0 Å². The zero-order valence-electron chi connectivity index (χ0n) is 23.9. The Morgan fingerprint density at radius 1 is 0.848 bits per heavy atom. The predicted octanol–water partition coefficient (Wildman–Crippen LogP) is 9.24. The predicted molar refractivity (Wildman–Crippen MR) is 144 cm³/mol. The van der Waals surface area contributed by atoms with Gasteiger partial charge in [-0.05, 0) is 109 Å². The fourth-order valence-corrected chi connectivity index (χ4v) is 11.1. The first-order valence-electron chi connectivity index (χ1n) is 14.7. The highest BCUT2D eigenvalue weighted by Gasteiger charge is 2.72. The van der Waals surface area contributed by atoms with Crippen LogP contribution in [0.4, 0.5) is 0 Å². The van der Waals surface area contributed by atoms with Gasteiger partial charge in [-0.25, -0.2) is 0 Å². The number of fused-ring (bicyclic) bond motifs is 5. The molecule has 0 aromatic carbocycles. The largest absolute Gasteiger partial charge is 0.392 e. The Kier molecular flexibility index (Phi) is 6.44. The SMILES string of the molecule is C=C(NC)C1CC[C@]2(C)[C@H](CCC3(C)[C@@]4(C)CCC(C)C(C)(C)C4CC[C@]32C)[C@H]1CCCC. The van der Waals surface area contributed by atoms with Gasteiger partial charge in [0, 0.05) is 18.7 Å². The summed E-state index contributed by atoms with van der Waals surface area (Å²) >= 11 is 0. The van der Waals surface area contributed by atoms with Crippen molar-refractivity contribution in [3.8, 4) is 0 Å². The third-order valence-corrected chi connectivity index (χ3v) is 14.1. The monoisotopic (exact) mass is 455 g/mol. The molecule has 0 amide bonds. The molecule has 0 aromatic rings. The number of hydrogen-bond acceptors (Lipinski definition) is 1. The zero-order valence-corrected chi connectivity index (χ0v) is 23.9. The Labute approximate surface area is 207 Å². The normalized spacial score (nSPS) is 51.1. The van der Waals surface area contributed by atoms with E-state index in [1.54, 1.807) is 0 Å². The third-order valence-electron chi connectivity index (χ3n) is 14.1. The molecule has 0 aliphatic heterocycles. The van der Waals surface area contributed by atoms with E-state index in [0.717, 1.165) is 23.7 Å². The summed E-state index contributed by atoms with van der Waals surface area (Å²) in [5.74, 6) is 4.09. The van der Waals surface area contributed by atoms with Gasteiger partial charge in [0.05, 0.1) is 0 Å². The molecule has 0 saturated heterocycles. The molecule has 4 rings (SSSR count). The average molecular weight is 456 g/mol. The van der Waals surface area contributed by atoms with Gasteiger partial charge in [0.15, 0.2) is 0 Å². The van der Waals surface area contributed by atoms with Crippen molar-refractivity contribution in [1.82, 2.24) is 5.32 Å². The molecule has 0 spiro atoms. The topological polar surface area (TPSA) is 12.0 Å². The van der Waals surface area contributed by atoms with Crippen molar-refractivity contribution in [3.05, 3.63) is 12.3 Å². The highest BCUT2D eigenvalue weighted by atomic mass is 14.9. The van der Waals surface area contributed by atoms with E-state index in [9.17, 15) is 0 Å². The number of rotatable bonds is 5. The number of unbranched alkanes of at least 4 members (excludes halogenated alkanes) is 1. The van der Waals surface area contributed by atoms with Crippen LogP contribution in [0, 0.1) is 56.7 Å². The molecule has 4 aliphatic rings. The van der Waals surface area contributed by atoms with E-state index in [-0.39, 0.29) is 0 Å². The lowest BCUT2D eigenvalue weighted by atomic mass is 9.28. The molecule has 4 unspecified atom stereocenters. The molecular formula is C32H57N. The Morgan fingerprint density at radius 2 is 1.45 bits per heavy atom. The van der Waals surface area contributed by atoms with Crippen molar-refractivity contribution in [1.29, 1.82) is 0 Å². The Bertz CT molecular complexity index is 752. The second kappa shape index (κ2) is 8.30. The Balaban J connectivity index is 1.75. The van der Waals surface area contributed by atoms with Gasteiger partial charge in [0.25, 0.3) is 0 Å². The van der Waals surface area contributed by atoms with E-state index in [1.807, 2.05) is 0 Å². The lowest BCUT2D eigenvalue weighted by molar-refractivity contribution is -0.281. The standard InChI is InChI=1S/C32H57N/c1-11-12-13-25-24(23(3)33-10)15-19-29(6)26(25)16-20-32(9)30(7)18-14-22(2)28(4,5)27(30)17-21-31(29,32)8/h22,24-27,33H,3,11-21H2,1-2,4-10H3/t22?,24?,25-,26+,27?,29+,30-,31-,32?/m0/s1. The molecule has 0 aromatic heterocycles. The van der Waals surface area contributed by atoms with Crippen LogP contribution in [0.3, 0.4) is 0 Å². The quantitative estimate of drug-likeness (QED) is 0.435. The summed E-state index contributed by atoms with van der Waals surface area (Å²) in [7, 11) is 2.10. The van der Waals surface area contributed by atoms with E-state index in [4.69, 9.17) is 0 Å². The van der Waals surface area contributed by atoms with E-state index in [2.05, 4.69) is 74.3 Å². The maximum absolute atomic E-state index is 4.50. The molecule has 4 saturated carbocycles. The molecule has 4 aliphatic carbocycles. The second-order valence-electron chi connectivity index (χ2n) is 14.7. The van der Waals surface area contributed by atoms with Gasteiger partial charge in [-0.3, -0.25) is 0 Å². The lowest BCUT2D eigenvalue weighted by Gasteiger charge is -2.77. The van der Waals surface area contributed by atoms with Crippen molar-refractivity contribution in [2.24, 2.45) is 56.7 Å². The van der Waals surface area contributed by atoms with Crippen LogP contribution in [0.1, 0.15) is 126 Å². The van der Waals surface area contributed by atoms with Crippen LogP contribution in [0.2, 0.25) is 0 Å². The molecule has 9 atom stereocenters. The number of nitrogens with one attached hydrogen (secondary N) is 1.